The van der Waals surface area contributed by atoms with Gasteiger partial charge in [-0.3, -0.25) is 9.59 Å². The SMILES string of the molecule is CC(C)CN(CC(=O)O)C(=O)CCc1ccc2[nH]ccc2c1. The molecule has 0 bridgehead atoms. The molecule has 1 aromatic heterocycles. The van der Waals surface area contributed by atoms with Gasteiger partial charge in [-0.25, -0.2) is 0 Å². The second-order valence-corrected chi connectivity index (χ2v) is 5.96. The number of rotatable bonds is 7. The van der Waals surface area contributed by atoms with Crippen molar-refractivity contribution in [1.29, 1.82) is 0 Å². The van der Waals surface area contributed by atoms with E-state index in [9.17, 15) is 9.59 Å². The maximum absolute atomic E-state index is 12.3. The van der Waals surface area contributed by atoms with Crippen LogP contribution in [-0.4, -0.2) is 40.0 Å². The fourth-order valence-electron chi connectivity index (χ4n) is 2.53. The fourth-order valence-corrected chi connectivity index (χ4v) is 2.53. The zero-order chi connectivity index (χ0) is 16.1. The topological polar surface area (TPSA) is 73.4 Å². The average molecular weight is 302 g/mol. The maximum Gasteiger partial charge on any atom is 0.323 e. The van der Waals surface area contributed by atoms with Crippen LogP contribution in [0.15, 0.2) is 30.5 Å². The van der Waals surface area contributed by atoms with Gasteiger partial charge in [0.1, 0.15) is 6.54 Å². The molecule has 1 amide bonds. The maximum atomic E-state index is 12.3. The molecule has 5 heteroatoms. The summed E-state index contributed by atoms with van der Waals surface area (Å²) in [4.78, 5) is 27.7. The number of nitrogens with zero attached hydrogens (tertiary/aromatic N) is 1. The van der Waals surface area contributed by atoms with Gasteiger partial charge in [-0.2, -0.15) is 0 Å². The Bertz CT molecular complexity index is 661. The van der Waals surface area contributed by atoms with Crippen molar-refractivity contribution in [1.82, 2.24) is 9.88 Å². The summed E-state index contributed by atoms with van der Waals surface area (Å²) in [7, 11) is 0. The summed E-state index contributed by atoms with van der Waals surface area (Å²) in [5, 5.41) is 10.0. The first-order valence-electron chi connectivity index (χ1n) is 7.51. The summed E-state index contributed by atoms with van der Waals surface area (Å²) in [5.74, 6) is -0.826. The third-order valence-corrected chi connectivity index (χ3v) is 3.51. The minimum Gasteiger partial charge on any atom is -0.480 e. The highest BCUT2D eigenvalue weighted by molar-refractivity contribution is 5.82. The number of aliphatic carboxylic acids is 1. The minimum absolute atomic E-state index is 0.106. The molecule has 2 N–H and O–H groups in total. The second kappa shape index (κ2) is 7.11. The van der Waals surface area contributed by atoms with Crippen molar-refractivity contribution in [3.63, 3.8) is 0 Å². The molecule has 0 unspecified atom stereocenters. The molecule has 0 spiro atoms. The van der Waals surface area contributed by atoms with Crippen LogP contribution in [0.25, 0.3) is 10.9 Å². The Morgan fingerprint density at radius 3 is 2.73 bits per heavy atom. The number of hydrogen-bond acceptors (Lipinski definition) is 2. The third kappa shape index (κ3) is 4.35. The summed E-state index contributed by atoms with van der Waals surface area (Å²) < 4.78 is 0. The zero-order valence-electron chi connectivity index (χ0n) is 13.0. The van der Waals surface area contributed by atoms with Crippen molar-refractivity contribution in [2.75, 3.05) is 13.1 Å². The fraction of sp³-hybridized carbons (Fsp3) is 0.412. The van der Waals surface area contributed by atoms with E-state index in [-0.39, 0.29) is 18.4 Å². The van der Waals surface area contributed by atoms with Crippen molar-refractivity contribution < 1.29 is 14.7 Å². The minimum atomic E-state index is -0.970. The smallest absolute Gasteiger partial charge is 0.323 e. The molecule has 1 aromatic carbocycles. The van der Waals surface area contributed by atoms with Crippen LogP contribution in [0, 0.1) is 5.92 Å². The van der Waals surface area contributed by atoms with E-state index in [1.54, 1.807) is 0 Å². The molecule has 22 heavy (non-hydrogen) atoms. The van der Waals surface area contributed by atoms with Gasteiger partial charge in [0.05, 0.1) is 0 Å². The highest BCUT2D eigenvalue weighted by Gasteiger charge is 2.17. The number of H-pyrrole nitrogens is 1. The molecule has 5 nitrogen and oxygen atoms in total. The van der Waals surface area contributed by atoms with Gasteiger partial charge in [0.2, 0.25) is 5.91 Å². The monoisotopic (exact) mass is 302 g/mol. The van der Waals surface area contributed by atoms with Crippen LogP contribution in [0.4, 0.5) is 0 Å². The molecule has 0 saturated carbocycles. The lowest BCUT2D eigenvalue weighted by Gasteiger charge is -2.22. The highest BCUT2D eigenvalue weighted by atomic mass is 16.4. The molecule has 0 atom stereocenters. The van der Waals surface area contributed by atoms with Crippen molar-refractivity contribution in [3.05, 3.63) is 36.0 Å². The molecule has 0 aliphatic heterocycles. The van der Waals surface area contributed by atoms with Crippen LogP contribution in [0.3, 0.4) is 0 Å². The summed E-state index contributed by atoms with van der Waals surface area (Å²) >= 11 is 0. The summed E-state index contributed by atoms with van der Waals surface area (Å²) in [6.07, 6.45) is 2.83. The third-order valence-electron chi connectivity index (χ3n) is 3.51. The van der Waals surface area contributed by atoms with Gasteiger partial charge >= 0.3 is 5.97 Å². The molecule has 1 heterocycles. The number of benzene rings is 1. The molecule has 118 valence electrons. The number of hydrogen-bond donors (Lipinski definition) is 2. The Balaban J connectivity index is 1.97. The van der Waals surface area contributed by atoms with Gasteiger partial charge in [0, 0.05) is 24.7 Å². The largest absolute Gasteiger partial charge is 0.480 e. The standard InChI is InChI=1S/C17H22N2O3/c1-12(2)10-19(11-17(21)22)16(20)6-4-13-3-5-15-14(9-13)7-8-18-15/h3,5,7-9,12,18H,4,6,10-11H2,1-2H3,(H,21,22). The number of amides is 1. The predicted molar refractivity (Wildman–Crippen MR) is 85.7 cm³/mol. The van der Waals surface area contributed by atoms with Crippen LogP contribution in [0.2, 0.25) is 0 Å². The zero-order valence-corrected chi connectivity index (χ0v) is 13.0. The number of carbonyl (C=O) groups excluding carboxylic acids is 1. The molecule has 0 aliphatic carbocycles. The van der Waals surface area contributed by atoms with Crippen LogP contribution in [0.1, 0.15) is 25.8 Å². The summed E-state index contributed by atoms with van der Waals surface area (Å²) in [5.41, 5.74) is 2.16. The van der Waals surface area contributed by atoms with Gasteiger partial charge in [-0.1, -0.05) is 19.9 Å². The van der Waals surface area contributed by atoms with Crippen molar-refractivity contribution in [3.8, 4) is 0 Å². The van der Waals surface area contributed by atoms with E-state index in [4.69, 9.17) is 5.11 Å². The Labute approximate surface area is 129 Å². The molecule has 0 radical (unpaired) electrons. The van der Waals surface area contributed by atoms with Crippen LogP contribution in [0.5, 0.6) is 0 Å². The summed E-state index contributed by atoms with van der Waals surface area (Å²) in [6, 6.07) is 8.05. The van der Waals surface area contributed by atoms with Gasteiger partial charge in [0.25, 0.3) is 0 Å². The van der Waals surface area contributed by atoms with Crippen molar-refractivity contribution in [2.45, 2.75) is 26.7 Å². The Kier molecular flexibility index (Phi) is 5.20. The molecule has 2 aromatic rings. The Morgan fingerprint density at radius 2 is 2.05 bits per heavy atom. The lowest BCUT2D eigenvalue weighted by Crippen LogP contribution is -2.38. The highest BCUT2D eigenvalue weighted by Crippen LogP contribution is 2.16. The molecular weight excluding hydrogens is 280 g/mol. The van der Waals surface area contributed by atoms with E-state index in [1.807, 2.05) is 38.2 Å². The van der Waals surface area contributed by atoms with E-state index in [1.165, 1.54) is 4.90 Å². The molecule has 0 saturated heterocycles. The molecule has 0 aliphatic rings. The number of carboxylic acid groups (broad SMARTS) is 1. The quantitative estimate of drug-likeness (QED) is 0.826. The second-order valence-electron chi connectivity index (χ2n) is 5.96. The Hall–Kier alpha value is -2.30. The van der Waals surface area contributed by atoms with Crippen molar-refractivity contribution in [2.24, 2.45) is 5.92 Å². The molecule has 0 fully saturated rings. The Morgan fingerprint density at radius 1 is 1.27 bits per heavy atom. The van der Waals surface area contributed by atoms with E-state index < -0.39 is 5.97 Å². The van der Waals surface area contributed by atoms with E-state index in [2.05, 4.69) is 11.1 Å². The first-order valence-corrected chi connectivity index (χ1v) is 7.51. The van der Waals surface area contributed by atoms with E-state index in [0.29, 0.717) is 19.4 Å². The van der Waals surface area contributed by atoms with Crippen LogP contribution in [-0.2, 0) is 16.0 Å². The van der Waals surface area contributed by atoms with Gasteiger partial charge in [0.15, 0.2) is 0 Å². The number of nitrogens with one attached hydrogen (secondary N) is 1. The lowest BCUT2D eigenvalue weighted by molar-refractivity contribution is -0.144. The van der Waals surface area contributed by atoms with Crippen molar-refractivity contribution >= 4 is 22.8 Å². The van der Waals surface area contributed by atoms with Crippen LogP contribution >= 0.6 is 0 Å². The first-order chi connectivity index (χ1) is 10.5. The van der Waals surface area contributed by atoms with E-state index >= 15 is 0 Å². The molecule has 2 rings (SSSR count). The van der Waals surface area contributed by atoms with Gasteiger partial charge in [-0.15, -0.1) is 0 Å². The van der Waals surface area contributed by atoms with Crippen LogP contribution < -0.4 is 0 Å². The summed E-state index contributed by atoms with van der Waals surface area (Å²) in [6.45, 7) is 4.19. The van der Waals surface area contributed by atoms with E-state index in [0.717, 1.165) is 16.5 Å². The average Bonchev–Trinajstić information content (AvgIpc) is 2.90. The first kappa shape index (κ1) is 16.1. The molecular formula is C17H22N2O3. The number of fused-ring (bicyclic) bond motifs is 1. The van der Waals surface area contributed by atoms with Gasteiger partial charge in [-0.05, 0) is 41.5 Å². The number of carbonyl (C=O) groups is 2. The predicted octanol–water partition coefficient (Wildman–Crippen LogP) is 2.67. The lowest BCUT2D eigenvalue weighted by atomic mass is 10.1. The number of aryl methyl sites for hydroxylation is 1. The normalized spacial score (nSPS) is 11.0. The van der Waals surface area contributed by atoms with Gasteiger partial charge < -0.3 is 15.0 Å². The number of aromatic amines is 1. The number of carboxylic acids is 1. The number of aromatic nitrogens is 1.